The highest BCUT2D eigenvalue weighted by molar-refractivity contribution is 6.35. The van der Waals surface area contributed by atoms with Gasteiger partial charge < -0.3 is 20.9 Å². The average molecular weight is 447 g/mol. The predicted molar refractivity (Wildman–Crippen MR) is 133 cm³/mol. The summed E-state index contributed by atoms with van der Waals surface area (Å²) in [5.74, 6) is -0.290. The monoisotopic (exact) mass is 446 g/mol. The molecule has 0 saturated carbocycles. The van der Waals surface area contributed by atoms with Crippen LogP contribution in [0.15, 0.2) is 35.5 Å². The van der Waals surface area contributed by atoms with Gasteiger partial charge in [-0.1, -0.05) is 13.0 Å². The molecular formula is C25H30N6O2. The summed E-state index contributed by atoms with van der Waals surface area (Å²) in [4.78, 5) is 37.8. The van der Waals surface area contributed by atoms with Crippen molar-refractivity contribution in [2.24, 2.45) is 10.7 Å². The van der Waals surface area contributed by atoms with E-state index in [1.165, 1.54) is 0 Å². The Morgan fingerprint density at radius 3 is 2.67 bits per heavy atom. The van der Waals surface area contributed by atoms with Crippen LogP contribution in [0.5, 0.6) is 0 Å². The number of carbonyl (C=O) groups excluding carboxylic acids is 2. The van der Waals surface area contributed by atoms with Crippen molar-refractivity contribution in [1.82, 2.24) is 14.8 Å². The van der Waals surface area contributed by atoms with E-state index in [4.69, 9.17) is 5.73 Å². The van der Waals surface area contributed by atoms with Crippen molar-refractivity contribution in [3.05, 3.63) is 58.5 Å². The van der Waals surface area contributed by atoms with Crippen molar-refractivity contribution in [3.8, 4) is 0 Å². The van der Waals surface area contributed by atoms with Crippen molar-refractivity contribution >= 4 is 40.4 Å². The lowest BCUT2D eigenvalue weighted by atomic mass is 9.96. The van der Waals surface area contributed by atoms with Crippen LogP contribution in [0.25, 0.3) is 17.2 Å². The molecule has 1 aromatic carbocycles. The fraction of sp³-hybridized carbons (Fsp3) is 0.320. The molecule has 0 fully saturated rings. The van der Waals surface area contributed by atoms with Crippen LogP contribution >= 0.6 is 0 Å². The number of amides is 2. The Hall–Kier alpha value is -3.65. The fourth-order valence-electron chi connectivity index (χ4n) is 4.34. The minimum atomic E-state index is -0.203. The molecule has 3 heterocycles. The number of fused-ring (bicyclic) bond motifs is 2. The maximum atomic E-state index is 13.3. The minimum absolute atomic E-state index is 0.0866. The summed E-state index contributed by atoms with van der Waals surface area (Å²) in [6.45, 7) is 6.66. The molecule has 0 atom stereocenters. The number of carbonyl (C=O) groups is 2. The molecule has 172 valence electrons. The molecule has 4 N–H and O–H groups in total. The lowest BCUT2D eigenvalue weighted by Gasteiger charge is -2.25. The number of hydrogen-bond donors (Lipinski definition) is 3. The van der Waals surface area contributed by atoms with E-state index in [1.807, 2.05) is 31.2 Å². The maximum absolute atomic E-state index is 13.3. The van der Waals surface area contributed by atoms with Crippen LogP contribution in [-0.4, -0.2) is 72.6 Å². The van der Waals surface area contributed by atoms with E-state index in [0.29, 0.717) is 36.5 Å². The molecule has 2 amide bonds. The zero-order chi connectivity index (χ0) is 23.7. The van der Waals surface area contributed by atoms with Crippen LogP contribution in [0.2, 0.25) is 0 Å². The van der Waals surface area contributed by atoms with Gasteiger partial charge in [0.1, 0.15) is 0 Å². The summed E-state index contributed by atoms with van der Waals surface area (Å²) in [5, 5.41) is 2.92. The van der Waals surface area contributed by atoms with Crippen LogP contribution in [0, 0.1) is 6.92 Å². The van der Waals surface area contributed by atoms with Crippen LogP contribution in [0.4, 0.5) is 5.69 Å². The Bertz CT molecular complexity index is 1200. The minimum Gasteiger partial charge on any atom is -0.404 e. The molecule has 33 heavy (non-hydrogen) atoms. The highest BCUT2D eigenvalue weighted by Crippen LogP contribution is 2.36. The van der Waals surface area contributed by atoms with Gasteiger partial charge in [0.05, 0.1) is 22.5 Å². The van der Waals surface area contributed by atoms with Gasteiger partial charge in [0.2, 0.25) is 0 Å². The van der Waals surface area contributed by atoms with E-state index in [0.717, 1.165) is 40.3 Å². The van der Waals surface area contributed by atoms with E-state index in [-0.39, 0.29) is 11.8 Å². The van der Waals surface area contributed by atoms with Gasteiger partial charge >= 0.3 is 0 Å². The second kappa shape index (κ2) is 9.07. The largest absolute Gasteiger partial charge is 0.404 e. The number of likely N-dealkylation sites (N-methyl/N-ethyl adjacent to an activating group) is 2. The molecule has 0 radical (unpaired) electrons. The Morgan fingerprint density at radius 1 is 1.18 bits per heavy atom. The fourth-order valence-corrected chi connectivity index (χ4v) is 4.34. The third-order valence-electron chi connectivity index (χ3n) is 6.28. The van der Waals surface area contributed by atoms with Crippen LogP contribution in [0.1, 0.15) is 39.8 Å². The van der Waals surface area contributed by atoms with Gasteiger partial charge in [-0.05, 0) is 43.3 Å². The van der Waals surface area contributed by atoms with Gasteiger partial charge in [0, 0.05) is 62.4 Å². The number of hydrogen-bond acceptors (Lipinski definition) is 5. The normalized spacial score (nSPS) is 21.5. The number of nitrogens with zero attached hydrogens (tertiary/aromatic N) is 3. The van der Waals surface area contributed by atoms with Crippen LogP contribution < -0.4 is 11.1 Å². The summed E-state index contributed by atoms with van der Waals surface area (Å²) in [5.41, 5.74) is 12.7. The number of nitrogens with one attached hydrogen (secondary N) is 2. The lowest BCUT2D eigenvalue weighted by Crippen LogP contribution is -2.39. The summed E-state index contributed by atoms with van der Waals surface area (Å²) < 4.78 is 0. The highest BCUT2D eigenvalue weighted by Gasteiger charge is 2.27. The third kappa shape index (κ3) is 4.21. The number of H-pyrrole nitrogens is 1. The summed E-state index contributed by atoms with van der Waals surface area (Å²) >= 11 is 0. The number of anilines is 1. The first-order valence-electron chi connectivity index (χ1n) is 11.1. The Kier molecular flexibility index (Phi) is 6.20. The molecule has 4 rings (SSSR count). The number of rotatable bonds is 1. The maximum Gasteiger partial charge on any atom is 0.256 e. The molecule has 0 spiro atoms. The molecule has 2 aromatic rings. The molecule has 0 saturated heterocycles. The van der Waals surface area contributed by atoms with Crippen molar-refractivity contribution < 1.29 is 9.59 Å². The molecule has 1 aromatic heterocycles. The van der Waals surface area contributed by atoms with Crippen molar-refractivity contribution in [1.29, 1.82) is 0 Å². The second-order valence-electron chi connectivity index (χ2n) is 8.40. The van der Waals surface area contributed by atoms with Gasteiger partial charge in [-0.15, -0.1) is 0 Å². The standard InChI is InChI=1S/C25H30N6O2/c1-5-31-9-8-30(4)25(33)19-10-15(2)28-22(19)12-18-17-11-16(6-7-21(17)29-24(18)32)20(13-26)23(14-31)27-3/h6-7,10-13,28H,5,8-9,14,26H2,1-4H3,(H,29,32)/b18-12-,20-13?,27-23?. The van der Waals surface area contributed by atoms with Gasteiger partial charge in [0.15, 0.2) is 0 Å². The number of aliphatic imine (C=N–C) groups is 1. The van der Waals surface area contributed by atoms with Crippen molar-refractivity contribution in [2.75, 3.05) is 45.6 Å². The topological polar surface area (TPSA) is 107 Å². The molecule has 0 aliphatic carbocycles. The summed E-state index contributed by atoms with van der Waals surface area (Å²) in [6.07, 6.45) is 3.34. The van der Waals surface area contributed by atoms with E-state index in [1.54, 1.807) is 31.3 Å². The molecule has 2 aliphatic rings. The predicted octanol–water partition coefficient (Wildman–Crippen LogP) is 2.59. The highest BCUT2D eigenvalue weighted by atomic mass is 16.2. The Labute approximate surface area is 193 Å². The number of aromatic nitrogens is 1. The van der Waals surface area contributed by atoms with E-state index < -0.39 is 0 Å². The SMILES string of the molecule is CCN1CCN(C)C(=O)c2cc(C)[nH]c2/C=C2\C(=O)Nc3ccc(cc32)C(=CN)C(=NC)C1. The lowest BCUT2D eigenvalue weighted by molar-refractivity contribution is -0.110. The molecule has 8 heteroatoms. The number of benzene rings is 1. The number of aromatic amines is 1. The zero-order valence-electron chi connectivity index (χ0n) is 19.5. The van der Waals surface area contributed by atoms with Gasteiger partial charge in [-0.25, -0.2) is 0 Å². The van der Waals surface area contributed by atoms with E-state index >= 15 is 0 Å². The Balaban J connectivity index is 1.92. The van der Waals surface area contributed by atoms with Crippen LogP contribution in [0.3, 0.4) is 0 Å². The summed E-state index contributed by atoms with van der Waals surface area (Å²) in [6, 6.07) is 7.63. The van der Waals surface area contributed by atoms with Crippen molar-refractivity contribution in [2.45, 2.75) is 13.8 Å². The smallest absolute Gasteiger partial charge is 0.256 e. The van der Waals surface area contributed by atoms with Gasteiger partial charge in [-0.3, -0.25) is 19.5 Å². The average Bonchev–Trinajstić information content (AvgIpc) is 3.33. The first kappa shape index (κ1) is 22.5. The third-order valence-corrected chi connectivity index (χ3v) is 6.28. The first-order chi connectivity index (χ1) is 15.9. The molecule has 2 aliphatic heterocycles. The Morgan fingerprint density at radius 2 is 1.97 bits per heavy atom. The second-order valence-corrected chi connectivity index (χ2v) is 8.40. The van der Waals surface area contributed by atoms with Crippen molar-refractivity contribution in [3.63, 3.8) is 0 Å². The van der Waals surface area contributed by atoms with Gasteiger partial charge in [0.25, 0.3) is 11.8 Å². The van der Waals surface area contributed by atoms with Gasteiger partial charge in [-0.2, -0.15) is 0 Å². The van der Waals surface area contributed by atoms with E-state index in [2.05, 4.69) is 27.1 Å². The first-order valence-corrected chi connectivity index (χ1v) is 11.1. The molecule has 8 nitrogen and oxygen atoms in total. The quantitative estimate of drug-likeness (QED) is 0.626. The number of nitrogens with two attached hydrogens (primary N) is 1. The van der Waals surface area contributed by atoms with E-state index in [9.17, 15) is 9.59 Å². The zero-order valence-corrected chi connectivity index (χ0v) is 19.5. The van der Waals surface area contributed by atoms with Crippen LogP contribution in [-0.2, 0) is 4.79 Å². The number of aryl methyl sites for hydroxylation is 1. The molecule has 0 unspecified atom stereocenters. The molecular weight excluding hydrogens is 416 g/mol. The summed E-state index contributed by atoms with van der Waals surface area (Å²) in [7, 11) is 3.56. The molecule has 2 bridgehead atoms.